The molecule has 2 aromatic carbocycles. The van der Waals surface area contributed by atoms with Crippen LogP contribution in [0.3, 0.4) is 0 Å². The van der Waals surface area contributed by atoms with E-state index >= 15 is 0 Å². The molecular weight excluding hydrogens is 328 g/mol. The van der Waals surface area contributed by atoms with E-state index in [-0.39, 0.29) is 24.2 Å². The molecule has 2 aromatic rings. The summed E-state index contributed by atoms with van der Waals surface area (Å²) in [6.07, 6.45) is 1.06. The zero-order valence-corrected chi connectivity index (χ0v) is 15.0. The maximum atomic E-state index is 12.6. The molecule has 3 rings (SSSR count). The Balaban J connectivity index is 1.57. The first-order chi connectivity index (χ1) is 12.7. The van der Waals surface area contributed by atoms with E-state index in [1.165, 1.54) is 5.56 Å². The fourth-order valence-electron chi connectivity index (χ4n) is 3.16. The molecule has 5 nitrogen and oxygen atoms in total. The SMILES string of the molecule is CCOc1ccccc1NC(=O)[C@@H]1CC(=O)N(CCc2ccccc2)C1. The first kappa shape index (κ1) is 18.0. The van der Waals surface area contributed by atoms with Crippen LogP contribution < -0.4 is 10.1 Å². The smallest absolute Gasteiger partial charge is 0.229 e. The first-order valence-corrected chi connectivity index (χ1v) is 9.01. The number of amides is 2. The fraction of sp³-hybridized carbons (Fsp3) is 0.333. The van der Waals surface area contributed by atoms with Crippen LogP contribution in [0.2, 0.25) is 0 Å². The van der Waals surface area contributed by atoms with Crippen LogP contribution in [0.5, 0.6) is 5.75 Å². The number of carbonyl (C=O) groups excluding carboxylic acids is 2. The average molecular weight is 352 g/mol. The molecule has 2 amide bonds. The van der Waals surface area contributed by atoms with E-state index in [2.05, 4.69) is 17.4 Å². The number of hydrogen-bond acceptors (Lipinski definition) is 3. The molecule has 0 saturated carbocycles. The molecule has 1 aliphatic rings. The Morgan fingerprint density at radius 2 is 1.88 bits per heavy atom. The van der Waals surface area contributed by atoms with Gasteiger partial charge in [0.1, 0.15) is 5.75 Å². The van der Waals surface area contributed by atoms with Gasteiger partial charge in [-0.15, -0.1) is 0 Å². The minimum atomic E-state index is -0.326. The van der Waals surface area contributed by atoms with Gasteiger partial charge >= 0.3 is 0 Å². The highest BCUT2D eigenvalue weighted by Crippen LogP contribution is 2.26. The third-order valence-corrected chi connectivity index (χ3v) is 4.54. The predicted octanol–water partition coefficient (Wildman–Crippen LogP) is 3.12. The summed E-state index contributed by atoms with van der Waals surface area (Å²) in [4.78, 5) is 26.6. The van der Waals surface area contributed by atoms with Gasteiger partial charge in [-0.2, -0.15) is 0 Å². The number of nitrogens with one attached hydrogen (secondary N) is 1. The highest BCUT2D eigenvalue weighted by atomic mass is 16.5. The Hall–Kier alpha value is -2.82. The van der Waals surface area contributed by atoms with E-state index in [1.807, 2.05) is 49.4 Å². The van der Waals surface area contributed by atoms with Gasteiger partial charge in [0.25, 0.3) is 0 Å². The summed E-state index contributed by atoms with van der Waals surface area (Å²) in [5.74, 6) is 0.230. The number of rotatable bonds is 7. The largest absolute Gasteiger partial charge is 0.492 e. The van der Waals surface area contributed by atoms with Crippen molar-refractivity contribution < 1.29 is 14.3 Å². The Kier molecular flexibility index (Phi) is 5.89. The Labute approximate surface area is 154 Å². The topological polar surface area (TPSA) is 58.6 Å². The maximum Gasteiger partial charge on any atom is 0.229 e. The van der Waals surface area contributed by atoms with E-state index in [0.29, 0.717) is 31.1 Å². The van der Waals surface area contributed by atoms with Gasteiger partial charge in [-0.3, -0.25) is 9.59 Å². The number of ether oxygens (including phenoxy) is 1. The summed E-state index contributed by atoms with van der Waals surface area (Å²) in [6, 6.07) is 17.4. The van der Waals surface area contributed by atoms with Gasteiger partial charge in [-0.25, -0.2) is 0 Å². The number of para-hydroxylation sites is 2. The van der Waals surface area contributed by atoms with Gasteiger partial charge in [0.15, 0.2) is 0 Å². The summed E-state index contributed by atoms with van der Waals surface area (Å²) >= 11 is 0. The van der Waals surface area contributed by atoms with Crippen molar-refractivity contribution in [2.24, 2.45) is 5.92 Å². The maximum absolute atomic E-state index is 12.6. The van der Waals surface area contributed by atoms with Crippen molar-refractivity contribution in [2.75, 3.05) is 25.0 Å². The molecule has 1 N–H and O–H groups in total. The monoisotopic (exact) mass is 352 g/mol. The second-order valence-electron chi connectivity index (χ2n) is 6.39. The second-order valence-corrected chi connectivity index (χ2v) is 6.39. The number of benzene rings is 2. The number of nitrogens with zero attached hydrogens (tertiary/aromatic N) is 1. The van der Waals surface area contributed by atoms with E-state index in [1.54, 1.807) is 4.90 Å². The van der Waals surface area contributed by atoms with Gasteiger partial charge < -0.3 is 15.0 Å². The highest BCUT2D eigenvalue weighted by Gasteiger charge is 2.34. The number of carbonyl (C=O) groups is 2. The van der Waals surface area contributed by atoms with Crippen LogP contribution in [0.4, 0.5) is 5.69 Å². The molecule has 26 heavy (non-hydrogen) atoms. The van der Waals surface area contributed by atoms with E-state index in [4.69, 9.17) is 4.74 Å². The van der Waals surface area contributed by atoms with Gasteiger partial charge in [0.2, 0.25) is 11.8 Å². The molecule has 0 aromatic heterocycles. The quantitative estimate of drug-likeness (QED) is 0.833. The van der Waals surface area contributed by atoms with Crippen molar-refractivity contribution >= 4 is 17.5 Å². The summed E-state index contributed by atoms with van der Waals surface area (Å²) < 4.78 is 5.54. The van der Waals surface area contributed by atoms with Crippen LogP contribution in [0.1, 0.15) is 18.9 Å². The number of anilines is 1. The molecule has 1 aliphatic heterocycles. The van der Waals surface area contributed by atoms with Crippen LogP contribution in [-0.4, -0.2) is 36.4 Å². The summed E-state index contributed by atoms with van der Waals surface area (Å²) in [7, 11) is 0. The molecule has 136 valence electrons. The molecule has 5 heteroatoms. The molecule has 0 spiro atoms. The van der Waals surface area contributed by atoms with Gasteiger partial charge in [0.05, 0.1) is 18.2 Å². The Morgan fingerprint density at radius 1 is 1.15 bits per heavy atom. The van der Waals surface area contributed by atoms with Crippen molar-refractivity contribution in [3.8, 4) is 5.75 Å². The molecule has 1 atom stereocenters. The van der Waals surface area contributed by atoms with Crippen LogP contribution >= 0.6 is 0 Å². The van der Waals surface area contributed by atoms with Crippen LogP contribution in [0, 0.1) is 5.92 Å². The van der Waals surface area contributed by atoms with Crippen molar-refractivity contribution in [2.45, 2.75) is 19.8 Å². The third-order valence-electron chi connectivity index (χ3n) is 4.54. The summed E-state index contributed by atoms with van der Waals surface area (Å²) in [5.41, 5.74) is 1.84. The van der Waals surface area contributed by atoms with E-state index in [0.717, 1.165) is 6.42 Å². The molecular formula is C21H24N2O3. The van der Waals surface area contributed by atoms with Crippen LogP contribution in [0.25, 0.3) is 0 Å². The average Bonchev–Trinajstić information content (AvgIpc) is 3.04. The Bertz CT molecular complexity index is 761. The molecule has 0 radical (unpaired) electrons. The minimum Gasteiger partial charge on any atom is -0.492 e. The standard InChI is InChI=1S/C21H24N2O3/c1-2-26-19-11-7-6-10-18(19)22-21(25)17-14-20(24)23(15-17)13-12-16-8-4-3-5-9-16/h3-11,17H,2,12-15H2,1H3,(H,22,25)/t17-/m1/s1. The first-order valence-electron chi connectivity index (χ1n) is 9.01. The van der Waals surface area contributed by atoms with E-state index < -0.39 is 0 Å². The van der Waals surface area contributed by atoms with Gasteiger partial charge in [-0.1, -0.05) is 42.5 Å². The van der Waals surface area contributed by atoms with Gasteiger partial charge in [-0.05, 0) is 31.0 Å². The second kappa shape index (κ2) is 8.52. The Morgan fingerprint density at radius 3 is 2.65 bits per heavy atom. The highest BCUT2D eigenvalue weighted by molar-refractivity contribution is 5.98. The van der Waals surface area contributed by atoms with E-state index in [9.17, 15) is 9.59 Å². The van der Waals surface area contributed by atoms with Crippen LogP contribution in [-0.2, 0) is 16.0 Å². The summed E-state index contributed by atoms with van der Waals surface area (Å²) in [5, 5.41) is 2.91. The molecule has 1 heterocycles. The lowest BCUT2D eigenvalue weighted by molar-refractivity contribution is -0.128. The number of hydrogen-bond donors (Lipinski definition) is 1. The van der Waals surface area contributed by atoms with Gasteiger partial charge in [0, 0.05) is 19.5 Å². The molecule has 0 bridgehead atoms. The lowest BCUT2D eigenvalue weighted by atomic mass is 10.1. The predicted molar refractivity (Wildman–Crippen MR) is 101 cm³/mol. The summed E-state index contributed by atoms with van der Waals surface area (Å²) in [6.45, 7) is 3.54. The minimum absolute atomic E-state index is 0.0409. The van der Waals surface area contributed by atoms with Crippen molar-refractivity contribution in [1.29, 1.82) is 0 Å². The molecule has 1 saturated heterocycles. The van der Waals surface area contributed by atoms with Crippen molar-refractivity contribution in [3.63, 3.8) is 0 Å². The third kappa shape index (κ3) is 4.42. The molecule has 1 fully saturated rings. The number of likely N-dealkylation sites (tertiary alicyclic amines) is 1. The van der Waals surface area contributed by atoms with Crippen LogP contribution in [0.15, 0.2) is 54.6 Å². The molecule has 0 aliphatic carbocycles. The lowest BCUT2D eigenvalue weighted by Gasteiger charge is -2.17. The normalized spacial score (nSPS) is 16.6. The van der Waals surface area contributed by atoms with Crippen molar-refractivity contribution in [3.05, 3.63) is 60.2 Å². The lowest BCUT2D eigenvalue weighted by Crippen LogP contribution is -2.30. The zero-order chi connectivity index (χ0) is 18.4. The molecule has 0 unspecified atom stereocenters. The zero-order valence-electron chi connectivity index (χ0n) is 15.0. The fourth-order valence-corrected chi connectivity index (χ4v) is 3.16. The van der Waals surface area contributed by atoms with Crippen molar-refractivity contribution in [1.82, 2.24) is 4.90 Å².